The summed E-state index contributed by atoms with van der Waals surface area (Å²) in [6, 6.07) is 0.426. The quantitative estimate of drug-likeness (QED) is 0.585. The standard InChI is InChI=1S/C7H3F5/c8-3-1-4(9)6(7(11)12)5(10)2-3/h1-2,7H. The Bertz CT molecular complexity index is 271. The summed E-state index contributed by atoms with van der Waals surface area (Å²) in [5.41, 5.74) is -1.39. The highest BCUT2D eigenvalue weighted by Crippen LogP contribution is 2.25. The van der Waals surface area contributed by atoms with Crippen LogP contribution in [-0.2, 0) is 0 Å². The van der Waals surface area contributed by atoms with Crippen LogP contribution >= 0.6 is 0 Å². The minimum atomic E-state index is -3.27. The zero-order chi connectivity index (χ0) is 9.30. The van der Waals surface area contributed by atoms with Crippen molar-refractivity contribution in [1.82, 2.24) is 0 Å². The van der Waals surface area contributed by atoms with E-state index in [-0.39, 0.29) is 12.1 Å². The molecular formula is C7H3F5. The van der Waals surface area contributed by atoms with E-state index in [4.69, 9.17) is 0 Å². The lowest BCUT2D eigenvalue weighted by Gasteiger charge is -2.02. The van der Waals surface area contributed by atoms with Gasteiger partial charge in [0.25, 0.3) is 6.43 Å². The van der Waals surface area contributed by atoms with Gasteiger partial charge in [0.05, 0.1) is 5.56 Å². The van der Waals surface area contributed by atoms with Crippen molar-refractivity contribution in [2.75, 3.05) is 0 Å². The molecule has 0 N–H and O–H groups in total. The summed E-state index contributed by atoms with van der Waals surface area (Å²) in [6.07, 6.45) is -3.27. The molecule has 66 valence electrons. The fourth-order valence-electron chi connectivity index (χ4n) is 0.762. The third-order valence-corrected chi connectivity index (χ3v) is 1.26. The molecule has 0 amide bonds. The summed E-state index contributed by atoms with van der Waals surface area (Å²) >= 11 is 0. The van der Waals surface area contributed by atoms with E-state index in [1.165, 1.54) is 0 Å². The van der Waals surface area contributed by atoms with Crippen molar-refractivity contribution in [3.8, 4) is 0 Å². The van der Waals surface area contributed by atoms with Gasteiger partial charge in [0, 0.05) is 12.1 Å². The predicted octanol–water partition coefficient (Wildman–Crippen LogP) is 3.04. The van der Waals surface area contributed by atoms with Crippen molar-refractivity contribution >= 4 is 0 Å². The van der Waals surface area contributed by atoms with E-state index >= 15 is 0 Å². The van der Waals surface area contributed by atoms with Crippen LogP contribution in [0.4, 0.5) is 22.0 Å². The minimum Gasteiger partial charge on any atom is -0.207 e. The fourth-order valence-corrected chi connectivity index (χ4v) is 0.762. The Morgan fingerprint density at radius 3 is 1.67 bits per heavy atom. The van der Waals surface area contributed by atoms with Crippen LogP contribution < -0.4 is 0 Å². The zero-order valence-corrected chi connectivity index (χ0v) is 5.62. The SMILES string of the molecule is Fc1cc(F)c(C(F)F)c(F)c1. The fraction of sp³-hybridized carbons (Fsp3) is 0.143. The molecule has 0 nitrogen and oxygen atoms in total. The average molecular weight is 182 g/mol. The van der Waals surface area contributed by atoms with Crippen molar-refractivity contribution in [3.63, 3.8) is 0 Å². The molecule has 0 spiro atoms. The van der Waals surface area contributed by atoms with Gasteiger partial charge in [-0.15, -0.1) is 0 Å². The van der Waals surface area contributed by atoms with E-state index in [0.29, 0.717) is 0 Å². The second-order valence-corrected chi connectivity index (χ2v) is 2.08. The summed E-state index contributed by atoms with van der Waals surface area (Å²) in [5, 5.41) is 0. The Morgan fingerprint density at radius 2 is 1.33 bits per heavy atom. The topological polar surface area (TPSA) is 0 Å². The van der Waals surface area contributed by atoms with Gasteiger partial charge in [-0.2, -0.15) is 0 Å². The number of rotatable bonds is 1. The lowest BCUT2D eigenvalue weighted by atomic mass is 10.2. The van der Waals surface area contributed by atoms with Crippen LogP contribution in [0.15, 0.2) is 12.1 Å². The van der Waals surface area contributed by atoms with E-state index in [0.717, 1.165) is 0 Å². The summed E-state index contributed by atoms with van der Waals surface area (Å²) < 4.78 is 60.6. The number of hydrogen-bond acceptors (Lipinski definition) is 0. The van der Waals surface area contributed by atoms with Gasteiger partial charge in [0.1, 0.15) is 17.5 Å². The van der Waals surface area contributed by atoms with Gasteiger partial charge in [0.2, 0.25) is 0 Å². The van der Waals surface area contributed by atoms with Gasteiger partial charge >= 0.3 is 0 Å². The first-order valence-corrected chi connectivity index (χ1v) is 2.95. The highest BCUT2D eigenvalue weighted by Gasteiger charge is 2.19. The Hall–Kier alpha value is -1.13. The lowest BCUT2D eigenvalue weighted by Crippen LogP contribution is -1.97. The Labute approximate surface area is 64.6 Å². The van der Waals surface area contributed by atoms with Crippen LogP contribution in [0.3, 0.4) is 0 Å². The molecule has 0 fully saturated rings. The van der Waals surface area contributed by atoms with E-state index in [1.54, 1.807) is 0 Å². The summed E-state index contributed by atoms with van der Waals surface area (Å²) in [5.74, 6) is -4.35. The molecule has 1 rings (SSSR count). The Kier molecular flexibility index (Phi) is 2.30. The summed E-state index contributed by atoms with van der Waals surface area (Å²) in [6.45, 7) is 0. The zero-order valence-electron chi connectivity index (χ0n) is 5.62. The minimum absolute atomic E-state index is 0.213. The monoisotopic (exact) mass is 182 g/mol. The molecule has 1 aromatic rings. The van der Waals surface area contributed by atoms with Crippen LogP contribution in [0.2, 0.25) is 0 Å². The maximum absolute atomic E-state index is 12.4. The number of hydrogen-bond donors (Lipinski definition) is 0. The molecular weight excluding hydrogens is 179 g/mol. The van der Waals surface area contributed by atoms with Crippen LogP contribution in [0.5, 0.6) is 0 Å². The molecule has 0 saturated heterocycles. The van der Waals surface area contributed by atoms with Gasteiger partial charge in [-0.3, -0.25) is 0 Å². The van der Waals surface area contributed by atoms with Crippen molar-refractivity contribution in [3.05, 3.63) is 35.1 Å². The van der Waals surface area contributed by atoms with Gasteiger partial charge in [-0.1, -0.05) is 0 Å². The third-order valence-electron chi connectivity index (χ3n) is 1.26. The molecule has 0 bridgehead atoms. The molecule has 0 heterocycles. The molecule has 5 heteroatoms. The Morgan fingerprint density at radius 1 is 0.917 bits per heavy atom. The maximum atomic E-state index is 12.4. The molecule has 0 atom stereocenters. The van der Waals surface area contributed by atoms with Crippen molar-refractivity contribution in [2.24, 2.45) is 0 Å². The largest absolute Gasteiger partial charge is 0.269 e. The molecule has 0 aliphatic carbocycles. The van der Waals surface area contributed by atoms with Crippen LogP contribution in [0, 0.1) is 17.5 Å². The van der Waals surface area contributed by atoms with Crippen molar-refractivity contribution in [1.29, 1.82) is 0 Å². The molecule has 0 aliphatic rings. The van der Waals surface area contributed by atoms with E-state index in [9.17, 15) is 22.0 Å². The van der Waals surface area contributed by atoms with Crippen LogP contribution in [0.1, 0.15) is 12.0 Å². The molecule has 0 unspecified atom stereocenters. The molecule has 12 heavy (non-hydrogen) atoms. The van der Waals surface area contributed by atoms with Gasteiger partial charge < -0.3 is 0 Å². The summed E-state index contributed by atoms with van der Waals surface area (Å²) in [7, 11) is 0. The van der Waals surface area contributed by atoms with Crippen molar-refractivity contribution in [2.45, 2.75) is 6.43 Å². The summed E-state index contributed by atoms with van der Waals surface area (Å²) in [4.78, 5) is 0. The molecule has 0 aliphatic heterocycles. The van der Waals surface area contributed by atoms with Gasteiger partial charge in [-0.05, 0) is 0 Å². The number of alkyl halides is 2. The predicted molar refractivity (Wildman–Crippen MR) is 31.3 cm³/mol. The maximum Gasteiger partial charge on any atom is 0.269 e. The average Bonchev–Trinajstić information content (AvgIpc) is 1.82. The van der Waals surface area contributed by atoms with E-state index in [2.05, 4.69) is 0 Å². The van der Waals surface area contributed by atoms with Crippen LogP contribution in [0.25, 0.3) is 0 Å². The highest BCUT2D eigenvalue weighted by molar-refractivity contribution is 5.21. The lowest BCUT2D eigenvalue weighted by molar-refractivity contribution is 0.140. The molecule has 1 aromatic carbocycles. The van der Waals surface area contributed by atoms with Crippen molar-refractivity contribution < 1.29 is 22.0 Å². The second kappa shape index (κ2) is 3.08. The Balaban J connectivity index is 3.28. The molecule has 0 saturated carbocycles. The van der Waals surface area contributed by atoms with Gasteiger partial charge in [-0.25, -0.2) is 22.0 Å². The van der Waals surface area contributed by atoms with Gasteiger partial charge in [0.15, 0.2) is 0 Å². The smallest absolute Gasteiger partial charge is 0.207 e. The number of benzene rings is 1. The third kappa shape index (κ3) is 1.54. The number of halogens is 5. The molecule has 0 radical (unpaired) electrons. The van der Waals surface area contributed by atoms with E-state index in [1.807, 2.05) is 0 Å². The normalized spacial score (nSPS) is 10.8. The first kappa shape index (κ1) is 8.96. The van der Waals surface area contributed by atoms with E-state index < -0.39 is 29.4 Å². The first-order chi connectivity index (χ1) is 5.52. The van der Waals surface area contributed by atoms with Crippen LogP contribution in [-0.4, -0.2) is 0 Å². The molecule has 0 aromatic heterocycles. The first-order valence-electron chi connectivity index (χ1n) is 2.95. The highest BCUT2D eigenvalue weighted by atomic mass is 19.3. The second-order valence-electron chi connectivity index (χ2n) is 2.08.